The van der Waals surface area contributed by atoms with Crippen molar-refractivity contribution in [3.8, 4) is 5.75 Å². The molecule has 0 bridgehead atoms. The first-order chi connectivity index (χ1) is 10.2. The molecule has 0 aliphatic carbocycles. The van der Waals surface area contributed by atoms with Crippen molar-refractivity contribution >= 4 is 27.0 Å². The van der Waals surface area contributed by atoms with Crippen molar-refractivity contribution < 1.29 is 4.74 Å². The van der Waals surface area contributed by atoms with Crippen LogP contribution in [0.15, 0.2) is 47.3 Å². The minimum Gasteiger partial charge on any atom is -0.497 e. The van der Waals surface area contributed by atoms with Crippen LogP contribution in [0.1, 0.15) is 16.0 Å². The Bertz CT molecular complexity index is 805. The molecule has 1 aromatic heterocycles. The minimum atomic E-state index is -0.177. The second kappa shape index (κ2) is 5.77. The third-order valence-corrected chi connectivity index (χ3v) is 4.33. The maximum absolute atomic E-state index is 11.3. The summed E-state index contributed by atoms with van der Waals surface area (Å²) in [6, 6.07) is 14.0. The Labute approximate surface area is 130 Å². The quantitative estimate of drug-likeness (QED) is 0.709. The normalized spacial score (nSPS) is 12.5. The Balaban J connectivity index is 1.81. The van der Waals surface area contributed by atoms with Crippen molar-refractivity contribution in [1.82, 2.24) is 9.97 Å². The minimum absolute atomic E-state index is 0.177. The fraction of sp³-hybridized carbons (Fsp3) is 0.188. The molecule has 4 nitrogen and oxygen atoms in total. The van der Waals surface area contributed by atoms with Crippen LogP contribution in [0.3, 0.4) is 0 Å². The monoisotopic (exact) mass is 346 g/mol. The summed E-state index contributed by atoms with van der Waals surface area (Å²) in [7, 11) is 1.66. The predicted molar refractivity (Wildman–Crippen MR) is 87.3 cm³/mol. The average molecular weight is 347 g/mol. The molecule has 2 aromatic carbocycles. The second-order valence-corrected chi connectivity index (χ2v) is 6.01. The topological polar surface area (TPSA) is 57.9 Å². The number of halogens is 1. The van der Waals surface area contributed by atoms with Crippen LogP contribution >= 0.6 is 15.9 Å². The fourth-order valence-corrected chi connectivity index (χ4v) is 2.99. The van der Waals surface area contributed by atoms with E-state index in [0.29, 0.717) is 0 Å². The molecule has 108 valence electrons. The van der Waals surface area contributed by atoms with Crippen molar-refractivity contribution in [2.24, 2.45) is 0 Å². The highest BCUT2D eigenvalue weighted by Gasteiger charge is 2.10. The van der Waals surface area contributed by atoms with Crippen molar-refractivity contribution in [3.63, 3.8) is 0 Å². The number of aromatic nitrogens is 2. The van der Waals surface area contributed by atoms with Crippen LogP contribution in [0.5, 0.6) is 5.75 Å². The van der Waals surface area contributed by atoms with E-state index >= 15 is 0 Å². The molecule has 21 heavy (non-hydrogen) atoms. The molecule has 0 radical (unpaired) electrons. The molecular weight excluding hydrogens is 332 g/mol. The third-order valence-electron chi connectivity index (χ3n) is 3.48. The maximum Gasteiger partial charge on any atom is 0.323 e. The highest BCUT2D eigenvalue weighted by atomic mass is 79.9. The van der Waals surface area contributed by atoms with E-state index < -0.39 is 0 Å². The molecule has 1 unspecified atom stereocenters. The van der Waals surface area contributed by atoms with E-state index in [1.165, 1.54) is 5.56 Å². The number of fused-ring (bicyclic) bond motifs is 1. The molecule has 0 aliphatic heterocycles. The van der Waals surface area contributed by atoms with Gasteiger partial charge in [-0.05, 0) is 41.8 Å². The van der Waals surface area contributed by atoms with E-state index in [-0.39, 0.29) is 10.5 Å². The maximum atomic E-state index is 11.3. The van der Waals surface area contributed by atoms with Gasteiger partial charge >= 0.3 is 5.69 Å². The van der Waals surface area contributed by atoms with Gasteiger partial charge in [0.1, 0.15) is 5.75 Å². The first-order valence-corrected chi connectivity index (χ1v) is 7.56. The van der Waals surface area contributed by atoms with Crippen LogP contribution in [-0.4, -0.2) is 17.1 Å². The van der Waals surface area contributed by atoms with Gasteiger partial charge in [-0.15, -0.1) is 0 Å². The smallest absolute Gasteiger partial charge is 0.323 e. The Kier molecular flexibility index (Phi) is 3.84. The van der Waals surface area contributed by atoms with E-state index in [2.05, 4.69) is 38.0 Å². The highest BCUT2D eigenvalue weighted by Crippen LogP contribution is 2.29. The summed E-state index contributed by atoms with van der Waals surface area (Å²) >= 11 is 3.72. The predicted octanol–water partition coefficient (Wildman–Crippen LogP) is 3.54. The SMILES string of the molecule is COc1ccc(CC(Br)c2ccc3[nH]c(=O)[nH]c3c2)cc1. The number of H-pyrrole nitrogens is 2. The summed E-state index contributed by atoms with van der Waals surface area (Å²) < 4.78 is 5.16. The lowest BCUT2D eigenvalue weighted by atomic mass is 10.0. The lowest BCUT2D eigenvalue weighted by Gasteiger charge is -2.11. The molecule has 1 atom stereocenters. The van der Waals surface area contributed by atoms with Gasteiger partial charge < -0.3 is 14.7 Å². The number of aromatic amines is 2. The van der Waals surface area contributed by atoms with Crippen LogP contribution in [0.2, 0.25) is 0 Å². The fourth-order valence-electron chi connectivity index (χ4n) is 2.33. The van der Waals surface area contributed by atoms with E-state index in [9.17, 15) is 4.79 Å². The Morgan fingerprint density at radius 3 is 2.52 bits per heavy atom. The molecule has 3 aromatic rings. The average Bonchev–Trinajstić information content (AvgIpc) is 2.87. The summed E-state index contributed by atoms with van der Waals surface area (Å²) in [5, 5.41) is 0. The highest BCUT2D eigenvalue weighted by molar-refractivity contribution is 9.09. The van der Waals surface area contributed by atoms with Gasteiger partial charge in [0.2, 0.25) is 0 Å². The van der Waals surface area contributed by atoms with Gasteiger partial charge in [0.25, 0.3) is 0 Å². The lowest BCUT2D eigenvalue weighted by Crippen LogP contribution is -1.99. The zero-order valence-electron chi connectivity index (χ0n) is 11.5. The first-order valence-electron chi connectivity index (χ1n) is 6.64. The molecule has 0 amide bonds. The standard InChI is InChI=1S/C16H15BrN2O2/c1-21-12-5-2-10(3-6-12)8-13(17)11-4-7-14-15(9-11)19-16(20)18-14/h2-7,9,13H,8H2,1H3,(H2,18,19,20). The molecule has 1 heterocycles. The molecule has 3 rings (SSSR count). The van der Waals surface area contributed by atoms with Crippen LogP contribution < -0.4 is 10.4 Å². The molecule has 0 saturated carbocycles. The molecule has 0 fully saturated rings. The number of imidazole rings is 1. The number of hydrogen-bond donors (Lipinski definition) is 2. The number of ether oxygens (including phenoxy) is 1. The summed E-state index contributed by atoms with van der Waals surface area (Å²) in [5.41, 5.74) is 3.84. The number of alkyl halides is 1. The Morgan fingerprint density at radius 1 is 1.10 bits per heavy atom. The first kappa shape index (κ1) is 13.9. The van der Waals surface area contributed by atoms with Gasteiger partial charge in [0.15, 0.2) is 0 Å². The van der Waals surface area contributed by atoms with Gasteiger partial charge in [-0.3, -0.25) is 0 Å². The molecular formula is C16H15BrN2O2. The lowest BCUT2D eigenvalue weighted by molar-refractivity contribution is 0.414. The summed E-state index contributed by atoms with van der Waals surface area (Å²) in [4.78, 5) is 17.0. The van der Waals surface area contributed by atoms with Crippen LogP contribution in [0.4, 0.5) is 0 Å². The third kappa shape index (κ3) is 3.03. The summed E-state index contributed by atoms with van der Waals surface area (Å²) in [6.45, 7) is 0. The summed E-state index contributed by atoms with van der Waals surface area (Å²) in [6.07, 6.45) is 0.865. The van der Waals surface area contributed by atoms with Gasteiger partial charge in [-0.2, -0.15) is 0 Å². The number of hydrogen-bond acceptors (Lipinski definition) is 2. The Morgan fingerprint density at radius 2 is 1.81 bits per heavy atom. The van der Waals surface area contributed by atoms with Crippen LogP contribution in [0.25, 0.3) is 11.0 Å². The van der Waals surface area contributed by atoms with Gasteiger partial charge in [-0.25, -0.2) is 4.79 Å². The molecule has 0 spiro atoms. The van der Waals surface area contributed by atoms with Crippen molar-refractivity contribution in [1.29, 1.82) is 0 Å². The molecule has 5 heteroatoms. The zero-order chi connectivity index (χ0) is 14.8. The number of methoxy groups -OCH3 is 1. The van der Waals surface area contributed by atoms with Gasteiger partial charge in [-0.1, -0.05) is 34.1 Å². The molecule has 2 N–H and O–H groups in total. The zero-order valence-corrected chi connectivity index (χ0v) is 13.1. The van der Waals surface area contributed by atoms with Crippen molar-refractivity contribution in [3.05, 3.63) is 64.1 Å². The van der Waals surface area contributed by atoms with E-state index in [4.69, 9.17) is 4.74 Å². The van der Waals surface area contributed by atoms with E-state index in [1.54, 1.807) is 7.11 Å². The molecule has 0 aliphatic rings. The van der Waals surface area contributed by atoms with E-state index in [0.717, 1.165) is 28.8 Å². The van der Waals surface area contributed by atoms with Gasteiger partial charge in [0.05, 0.1) is 18.1 Å². The number of benzene rings is 2. The van der Waals surface area contributed by atoms with E-state index in [1.807, 2.05) is 30.3 Å². The number of rotatable bonds is 4. The second-order valence-electron chi connectivity index (χ2n) is 4.90. The van der Waals surface area contributed by atoms with Crippen LogP contribution in [0, 0.1) is 0 Å². The summed E-state index contributed by atoms with van der Waals surface area (Å²) in [5.74, 6) is 0.858. The van der Waals surface area contributed by atoms with Crippen molar-refractivity contribution in [2.75, 3.05) is 7.11 Å². The Hall–Kier alpha value is -2.01. The van der Waals surface area contributed by atoms with Gasteiger partial charge in [0, 0.05) is 4.83 Å². The largest absolute Gasteiger partial charge is 0.497 e. The van der Waals surface area contributed by atoms with Crippen LogP contribution in [-0.2, 0) is 6.42 Å². The molecule has 0 saturated heterocycles. The number of nitrogens with one attached hydrogen (secondary N) is 2. The van der Waals surface area contributed by atoms with Crippen molar-refractivity contribution in [2.45, 2.75) is 11.2 Å².